The van der Waals surface area contributed by atoms with Gasteiger partial charge in [-0.15, -0.1) is 0 Å². The maximum Gasteiger partial charge on any atom is 0.145 e. The van der Waals surface area contributed by atoms with Crippen molar-refractivity contribution >= 4 is 5.69 Å². The van der Waals surface area contributed by atoms with Crippen molar-refractivity contribution in [3.8, 4) is 5.75 Å². The summed E-state index contributed by atoms with van der Waals surface area (Å²) in [6, 6.07) is 3.97. The first kappa shape index (κ1) is 9.27. The summed E-state index contributed by atoms with van der Waals surface area (Å²) in [6.07, 6.45) is 0.841. The molecule has 0 amide bonds. The first-order valence-corrected chi connectivity index (χ1v) is 4.56. The molecule has 0 aliphatic heterocycles. The normalized spacial score (nSPS) is 25.6. The molecule has 1 saturated carbocycles. The molecule has 1 aromatic carbocycles. The van der Waals surface area contributed by atoms with Gasteiger partial charge in [-0.05, 0) is 25.0 Å². The zero-order valence-corrected chi connectivity index (χ0v) is 7.61. The lowest BCUT2D eigenvalue weighted by atomic mass is 9.92. The third-order valence-corrected chi connectivity index (χ3v) is 2.43. The van der Waals surface area contributed by atoms with E-state index in [0.29, 0.717) is 11.4 Å². The number of rotatable bonds is 2. The van der Waals surface area contributed by atoms with Gasteiger partial charge in [0.15, 0.2) is 0 Å². The van der Waals surface area contributed by atoms with E-state index in [-0.39, 0.29) is 11.9 Å². The van der Waals surface area contributed by atoms with Gasteiger partial charge in [0, 0.05) is 6.07 Å². The lowest BCUT2D eigenvalue weighted by Crippen LogP contribution is -2.41. The molecule has 0 radical (unpaired) electrons. The van der Waals surface area contributed by atoms with Crippen molar-refractivity contribution in [1.29, 1.82) is 0 Å². The van der Waals surface area contributed by atoms with Crippen molar-refractivity contribution in [2.24, 2.45) is 0 Å². The molecule has 14 heavy (non-hydrogen) atoms. The summed E-state index contributed by atoms with van der Waals surface area (Å²) >= 11 is 0. The molecule has 0 unspecified atom stereocenters. The van der Waals surface area contributed by atoms with Crippen LogP contribution in [0.1, 0.15) is 12.8 Å². The van der Waals surface area contributed by atoms with E-state index in [0.717, 1.165) is 12.8 Å². The first-order chi connectivity index (χ1) is 6.66. The fraction of sp³-hybridized carbons (Fsp3) is 0.400. The Morgan fingerprint density at radius 2 is 2.21 bits per heavy atom. The predicted octanol–water partition coefficient (Wildman–Crippen LogP) is 1.31. The Morgan fingerprint density at radius 3 is 2.79 bits per heavy atom. The molecule has 76 valence electrons. The van der Waals surface area contributed by atoms with Crippen LogP contribution in [0.3, 0.4) is 0 Å². The minimum atomic E-state index is -0.447. The molecule has 0 bridgehead atoms. The molecular formula is C10H12FNO2. The molecule has 1 aliphatic rings. The van der Waals surface area contributed by atoms with Crippen LogP contribution in [0.4, 0.5) is 10.1 Å². The van der Waals surface area contributed by atoms with Crippen molar-refractivity contribution in [2.45, 2.75) is 25.0 Å². The number of hydrogen-bond donors (Lipinski definition) is 2. The average molecular weight is 197 g/mol. The van der Waals surface area contributed by atoms with E-state index in [4.69, 9.17) is 10.5 Å². The Labute approximate surface area is 81.3 Å². The second kappa shape index (κ2) is 3.46. The summed E-state index contributed by atoms with van der Waals surface area (Å²) in [5, 5.41) is 9.27. The maximum absolute atomic E-state index is 12.8. The van der Waals surface area contributed by atoms with Crippen molar-refractivity contribution in [3.05, 3.63) is 24.0 Å². The minimum absolute atomic E-state index is 0.237. The van der Waals surface area contributed by atoms with Gasteiger partial charge in [-0.25, -0.2) is 4.39 Å². The molecule has 2 atom stereocenters. The fourth-order valence-electron chi connectivity index (χ4n) is 1.36. The maximum atomic E-state index is 12.8. The highest BCUT2D eigenvalue weighted by atomic mass is 19.1. The predicted molar refractivity (Wildman–Crippen MR) is 50.5 cm³/mol. The van der Waals surface area contributed by atoms with Crippen LogP contribution in [0, 0.1) is 5.82 Å². The van der Waals surface area contributed by atoms with Crippen LogP contribution >= 0.6 is 0 Å². The summed E-state index contributed by atoms with van der Waals surface area (Å²) in [4.78, 5) is 0. The number of nitrogen functional groups attached to an aromatic ring is 1. The van der Waals surface area contributed by atoms with Gasteiger partial charge in [0.05, 0.1) is 11.8 Å². The van der Waals surface area contributed by atoms with E-state index < -0.39 is 6.10 Å². The number of aliphatic hydroxyl groups excluding tert-OH is 1. The Bertz CT molecular complexity index is 343. The molecule has 1 fully saturated rings. The third kappa shape index (κ3) is 1.65. The van der Waals surface area contributed by atoms with E-state index >= 15 is 0 Å². The highest BCUT2D eigenvalue weighted by molar-refractivity contribution is 5.52. The lowest BCUT2D eigenvalue weighted by molar-refractivity contribution is -0.0359. The lowest BCUT2D eigenvalue weighted by Gasteiger charge is -2.32. The molecule has 1 aliphatic carbocycles. The van der Waals surface area contributed by atoms with E-state index in [1.807, 2.05) is 0 Å². The smallest absolute Gasteiger partial charge is 0.145 e. The largest absolute Gasteiger partial charge is 0.485 e. The quantitative estimate of drug-likeness (QED) is 0.703. The molecule has 2 rings (SSSR count). The summed E-state index contributed by atoms with van der Waals surface area (Å²) in [5.41, 5.74) is 5.98. The number of ether oxygens (including phenoxy) is 1. The van der Waals surface area contributed by atoms with Crippen molar-refractivity contribution in [2.75, 3.05) is 5.73 Å². The van der Waals surface area contributed by atoms with E-state index in [1.165, 1.54) is 18.2 Å². The van der Waals surface area contributed by atoms with Gasteiger partial charge in [0.25, 0.3) is 0 Å². The number of anilines is 1. The second-order valence-corrected chi connectivity index (χ2v) is 3.48. The van der Waals surface area contributed by atoms with Crippen molar-refractivity contribution in [3.63, 3.8) is 0 Å². The molecule has 0 heterocycles. The standard InChI is InChI=1S/C10H12FNO2/c11-6-1-2-7(12)10(5-6)14-9-4-3-8(9)13/h1-2,5,8-9,13H,3-4,12H2/t8-,9-/m1/s1. The Kier molecular flexibility index (Phi) is 2.29. The van der Waals surface area contributed by atoms with Gasteiger partial charge in [-0.3, -0.25) is 0 Å². The van der Waals surface area contributed by atoms with Gasteiger partial charge in [0.2, 0.25) is 0 Å². The van der Waals surface area contributed by atoms with Crippen molar-refractivity contribution in [1.82, 2.24) is 0 Å². The number of hydrogen-bond acceptors (Lipinski definition) is 3. The number of aliphatic hydroxyl groups is 1. The summed E-state index contributed by atoms with van der Waals surface area (Å²) in [7, 11) is 0. The first-order valence-electron chi connectivity index (χ1n) is 4.56. The number of nitrogens with two attached hydrogens (primary N) is 1. The van der Waals surface area contributed by atoms with Crippen LogP contribution in [-0.4, -0.2) is 17.3 Å². The van der Waals surface area contributed by atoms with Gasteiger partial charge < -0.3 is 15.6 Å². The van der Waals surface area contributed by atoms with Gasteiger partial charge >= 0.3 is 0 Å². The van der Waals surface area contributed by atoms with Crippen LogP contribution in [0.5, 0.6) is 5.75 Å². The Hall–Kier alpha value is -1.29. The number of benzene rings is 1. The van der Waals surface area contributed by atoms with Crippen molar-refractivity contribution < 1.29 is 14.2 Å². The highest BCUT2D eigenvalue weighted by Crippen LogP contribution is 2.29. The van der Waals surface area contributed by atoms with Crippen LogP contribution in [0.25, 0.3) is 0 Å². The topological polar surface area (TPSA) is 55.5 Å². The van der Waals surface area contributed by atoms with Gasteiger partial charge in [-0.2, -0.15) is 0 Å². The molecule has 3 N–H and O–H groups in total. The zero-order chi connectivity index (χ0) is 10.1. The molecule has 1 aromatic rings. The molecule has 0 saturated heterocycles. The molecular weight excluding hydrogens is 185 g/mol. The average Bonchev–Trinajstić information content (AvgIpc) is 2.17. The minimum Gasteiger partial charge on any atom is -0.485 e. The molecule has 3 nitrogen and oxygen atoms in total. The monoisotopic (exact) mass is 197 g/mol. The van der Waals surface area contributed by atoms with Crippen LogP contribution in [0.15, 0.2) is 18.2 Å². The third-order valence-electron chi connectivity index (χ3n) is 2.43. The molecule has 0 aromatic heterocycles. The van der Waals surface area contributed by atoms with Gasteiger partial charge in [-0.1, -0.05) is 0 Å². The zero-order valence-electron chi connectivity index (χ0n) is 7.61. The van der Waals surface area contributed by atoms with Crippen LogP contribution < -0.4 is 10.5 Å². The fourth-order valence-corrected chi connectivity index (χ4v) is 1.36. The van der Waals surface area contributed by atoms with Crippen LogP contribution in [0.2, 0.25) is 0 Å². The highest BCUT2D eigenvalue weighted by Gasteiger charge is 2.31. The summed E-state index contributed by atoms with van der Waals surface area (Å²) in [6.45, 7) is 0. The van der Waals surface area contributed by atoms with E-state index in [1.54, 1.807) is 0 Å². The van der Waals surface area contributed by atoms with Crippen LogP contribution in [-0.2, 0) is 0 Å². The van der Waals surface area contributed by atoms with Gasteiger partial charge in [0.1, 0.15) is 17.7 Å². The second-order valence-electron chi connectivity index (χ2n) is 3.48. The summed E-state index contributed by atoms with van der Waals surface area (Å²) in [5.74, 6) is -0.0724. The van der Waals surface area contributed by atoms with E-state index in [2.05, 4.69) is 0 Å². The molecule has 0 spiro atoms. The summed E-state index contributed by atoms with van der Waals surface area (Å²) < 4.78 is 18.2. The Balaban J connectivity index is 2.11. The Morgan fingerprint density at radius 1 is 1.43 bits per heavy atom. The number of halogens is 1. The van der Waals surface area contributed by atoms with E-state index in [9.17, 15) is 9.50 Å². The SMILES string of the molecule is Nc1ccc(F)cc1O[C@@H]1CC[C@H]1O. The molecule has 4 heteroatoms.